The van der Waals surface area contributed by atoms with E-state index in [1.54, 1.807) is 30.6 Å². The van der Waals surface area contributed by atoms with Gasteiger partial charge in [0.15, 0.2) is 5.82 Å². The van der Waals surface area contributed by atoms with E-state index in [-0.39, 0.29) is 11.8 Å². The number of hydrogen-bond acceptors (Lipinski definition) is 7. The number of ether oxygens (including phenoxy) is 2. The van der Waals surface area contributed by atoms with E-state index in [1.807, 2.05) is 29.6 Å². The van der Waals surface area contributed by atoms with Crippen LogP contribution in [0.25, 0.3) is 10.6 Å². The number of aromatic nitrogens is 2. The number of thiophene rings is 1. The van der Waals surface area contributed by atoms with Gasteiger partial charge in [-0.05, 0) is 36.4 Å². The predicted molar refractivity (Wildman–Crippen MR) is 123 cm³/mol. The molecule has 3 heterocycles. The molecule has 9 heteroatoms. The minimum Gasteiger partial charge on any atom is -0.497 e. The lowest BCUT2D eigenvalue weighted by Crippen LogP contribution is -2.38. The summed E-state index contributed by atoms with van der Waals surface area (Å²) in [5, 5.41) is 14.1. The van der Waals surface area contributed by atoms with Crippen LogP contribution >= 0.6 is 22.9 Å². The normalized spacial score (nSPS) is 14.4. The second kappa shape index (κ2) is 9.53. The van der Waals surface area contributed by atoms with E-state index in [0.29, 0.717) is 22.2 Å². The van der Waals surface area contributed by atoms with Crippen molar-refractivity contribution < 1.29 is 14.3 Å². The van der Waals surface area contributed by atoms with Gasteiger partial charge in [0.1, 0.15) is 22.9 Å². The van der Waals surface area contributed by atoms with Crippen LogP contribution in [0.2, 0.25) is 5.02 Å². The van der Waals surface area contributed by atoms with Gasteiger partial charge >= 0.3 is 0 Å². The lowest BCUT2D eigenvalue weighted by atomic mass is 9.95. The molecule has 0 atom stereocenters. The largest absolute Gasteiger partial charge is 0.497 e. The monoisotopic (exact) mass is 458 g/mol. The third kappa shape index (κ3) is 4.75. The summed E-state index contributed by atoms with van der Waals surface area (Å²) in [6, 6.07) is 11.4. The van der Waals surface area contributed by atoms with Crippen LogP contribution in [0.15, 0.2) is 41.8 Å². The fraction of sp³-hybridized carbons (Fsp3) is 0.318. The molecular weight excluding hydrogens is 436 g/mol. The Bertz CT molecular complexity index is 1040. The predicted octanol–water partition coefficient (Wildman–Crippen LogP) is 4.73. The van der Waals surface area contributed by atoms with Gasteiger partial charge in [-0.25, -0.2) is 0 Å². The van der Waals surface area contributed by atoms with Crippen molar-refractivity contribution in [1.29, 1.82) is 0 Å². The number of halogens is 1. The van der Waals surface area contributed by atoms with Crippen LogP contribution in [0.4, 0.5) is 11.5 Å². The number of nitrogens with zero attached hydrogens (tertiary/aromatic N) is 3. The molecule has 0 aliphatic carbocycles. The van der Waals surface area contributed by atoms with Gasteiger partial charge in [-0.1, -0.05) is 17.7 Å². The maximum atomic E-state index is 12.9. The highest BCUT2D eigenvalue weighted by molar-refractivity contribution is 7.13. The summed E-state index contributed by atoms with van der Waals surface area (Å²) in [6.45, 7) is 1.47. The van der Waals surface area contributed by atoms with E-state index < -0.39 is 0 Å². The molecule has 0 unspecified atom stereocenters. The van der Waals surface area contributed by atoms with Crippen molar-refractivity contribution in [2.75, 3.05) is 37.5 Å². The number of piperidine rings is 1. The third-order valence-electron chi connectivity index (χ3n) is 5.35. The maximum absolute atomic E-state index is 12.9. The maximum Gasteiger partial charge on any atom is 0.227 e. The summed E-state index contributed by atoms with van der Waals surface area (Å²) in [5.74, 6) is 1.69. The second-order valence-corrected chi connectivity index (χ2v) is 8.55. The van der Waals surface area contributed by atoms with Crippen molar-refractivity contribution in [2.24, 2.45) is 5.92 Å². The van der Waals surface area contributed by atoms with Crippen molar-refractivity contribution in [3.05, 3.63) is 46.8 Å². The fourth-order valence-electron chi connectivity index (χ4n) is 3.60. The highest BCUT2D eigenvalue weighted by Crippen LogP contribution is 2.37. The zero-order valence-corrected chi connectivity index (χ0v) is 18.9. The zero-order chi connectivity index (χ0) is 21.8. The van der Waals surface area contributed by atoms with Crippen molar-refractivity contribution >= 4 is 40.4 Å². The molecule has 1 fully saturated rings. The van der Waals surface area contributed by atoms with Crippen molar-refractivity contribution in [2.45, 2.75) is 12.8 Å². The molecular formula is C22H23ClN4O3S. The molecule has 1 amide bonds. The zero-order valence-electron chi connectivity index (χ0n) is 17.3. The highest BCUT2D eigenvalue weighted by atomic mass is 35.5. The molecule has 0 saturated carbocycles. The third-order valence-corrected chi connectivity index (χ3v) is 6.54. The number of carbonyl (C=O) groups excluding carboxylic acids is 1. The van der Waals surface area contributed by atoms with E-state index in [2.05, 4.69) is 20.4 Å². The number of benzene rings is 1. The summed E-state index contributed by atoms with van der Waals surface area (Å²) in [5.41, 5.74) is 1.34. The Morgan fingerprint density at radius 1 is 1.16 bits per heavy atom. The Labute approximate surface area is 190 Å². The van der Waals surface area contributed by atoms with Crippen molar-refractivity contribution in [3.8, 4) is 22.1 Å². The van der Waals surface area contributed by atoms with E-state index in [1.165, 1.54) is 7.11 Å². The van der Waals surface area contributed by atoms with Gasteiger partial charge in [0.25, 0.3) is 0 Å². The number of amides is 1. The Morgan fingerprint density at radius 2 is 1.97 bits per heavy atom. The first-order valence-corrected chi connectivity index (χ1v) is 11.2. The summed E-state index contributed by atoms with van der Waals surface area (Å²) in [6.07, 6.45) is 1.44. The molecule has 2 aromatic heterocycles. The van der Waals surface area contributed by atoms with Gasteiger partial charge in [-0.2, -0.15) is 0 Å². The summed E-state index contributed by atoms with van der Waals surface area (Å²) in [4.78, 5) is 16.1. The Morgan fingerprint density at radius 3 is 2.58 bits per heavy atom. The smallest absolute Gasteiger partial charge is 0.227 e. The molecule has 3 aromatic rings. The molecule has 162 valence electrons. The van der Waals surface area contributed by atoms with E-state index in [9.17, 15) is 4.79 Å². The average Bonchev–Trinajstić information content (AvgIpc) is 3.35. The Balaban J connectivity index is 1.37. The van der Waals surface area contributed by atoms with E-state index >= 15 is 0 Å². The number of anilines is 2. The van der Waals surface area contributed by atoms with Crippen LogP contribution in [-0.4, -0.2) is 43.4 Å². The Hall–Kier alpha value is -2.84. The number of methoxy groups -OCH3 is 2. The highest BCUT2D eigenvalue weighted by Gasteiger charge is 2.27. The molecule has 7 nitrogen and oxygen atoms in total. The van der Waals surface area contributed by atoms with Crippen LogP contribution in [-0.2, 0) is 4.79 Å². The topological polar surface area (TPSA) is 76.6 Å². The van der Waals surface area contributed by atoms with E-state index in [0.717, 1.165) is 42.3 Å². The number of nitrogens with one attached hydrogen (secondary N) is 1. The van der Waals surface area contributed by atoms with Crippen LogP contribution in [0, 0.1) is 5.92 Å². The first kappa shape index (κ1) is 21.4. The molecule has 31 heavy (non-hydrogen) atoms. The van der Waals surface area contributed by atoms with Gasteiger partial charge in [-0.3, -0.25) is 4.79 Å². The fourth-order valence-corrected chi connectivity index (χ4v) is 4.54. The number of hydrogen-bond donors (Lipinski definition) is 1. The van der Waals surface area contributed by atoms with Gasteiger partial charge in [0, 0.05) is 31.1 Å². The van der Waals surface area contributed by atoms with Crippen molar-refractivity contribution in [1.82, 2.24) is 10.2 Å². The van der Waals surface area contributed by atoms with Crippen LogP contribution in [0.3, 0.4) is 0 Å². The first-order valence-electron chi connectivity index (χ1n) is 9.94. The lowest BCUT2D eigenvalue weighted by Gasteiger charge is -2.32. The van der Waals surface area contributed by atoms with Gasteiger partial charge in [-0.15, -0.1) is 21.5 Å². The number of rotatable bonds is 6. The summed E-state index contributed by atoms with van der Waals surface area (Å²) < 4.78 is 10.6. The molecule has 4 rings (SSSR count). The molecule has 0 spiro atoms. The van der Waals surface area contributed by atoms with Crippen LogP contribution < -0.4 is 19.7 Å². The van der Waals surface area contributed by atoms with Gasteiger partial charge in [0.05, 0.1) is 24.1 Å². The first-order chi connectivity index (χ1) is 15.1. The minimum atomic E-state index is -0.113. The van der Waals surface area contributed by atoms with Crippen LogP contribution in [0.5, 0.6) is 11.5 Å². The SMILES string of the molecule is COc1cc(Cl)c(NC(=O)C2CCN(c3ccc(-c4cccs4)nn3)CC2)c(OC)c1. The molecule has 1 aliphatic rings. The standard InChI is InChI=1S/C22H23ClN4O3S/c1-29-15-12-16(23)21(18(13-15)30-2)24-22(28)14-7-9-27(10-8-14)20-6-5-17(25-26-20)19-4-3-11-31-19/h3-6,11-14H,7-10H2,1-2H3,(H,24,28). The molecule has 0 radical (unpaired) electrons. The molecule has 1 aliphatic heterocycles. The molecule has 0 bridgehead atoms. The number of carbonyl (C=O) groups is 1. The van der Waals surface area contributed by atoms with Crippen LogP contribution in [0.1, 0.15) is 12.8 Å². The van der Waals surface area contributed by atoms with Gasteiger partial charge in [0.2, 0.25) is 5.91 Å². The molecule has 1 saturated heterocycles. The molecule has 1 N–H and O–H groups in total. The van der Waals surface area contributed by atoms with Gasteiger partial charge < -0.3 is 19.7 Å². The summed E-state index contributed by atoms with van der Waals surface area (Å²) in [7, 11) is 3.08. The van der Waals surface area contributed by atoms with Crippen molar-refractivity contribution in [3.63, 3.8) is 0 Å². The quantitative estimate of drug-likeness (QED) is 0.575. The Kier molecular flexibility index (Phi) is 6.58. The second-order valence-electron chi connectivity index (χ2n) is 7.19. The molecule has 1 aromatic carbocycles. The lowest BCUT2D eigenvalue weighted by molar-refractivity contribution is -0.120. The van der Waals surface area contributed by atoms with E-state index in [4.69, 9.17) is 21.1 Å². The average molecular weight is 459 g/mol. The summed E-state index contributed by atoms with van der Waals surface area (Å²) >= 11 is 7.97. The minimum absolute atomic E-state index is 0.0656.